The highest BCUT2D eigenvalue weighted by molar-refractivity contribution is 4.81. The molecule has 2 heteroatoms. The van der Waals surface area contributed by atoms with Gasteiger partial charge in [-0.05, 0) is 19.4 Å². The van der Waals surface area contributed by atoms with Gasteiger partial charge in [-0.15, -0.1) is 6.58 Å². The molecule has 0 aromatic heterocycles. The Labute approximate surface area is 75.6 Å². The van der Waals surface area contributed by atoms with Gasteiger partial charge in [0.2, 0.25) is 0 Å². The lowest BCUT2D eigenvalue weighted by Crippen LogP contribution is -2.35. The first-order valence-electron chi connectivity index (χ1n) is 4.79. The Kier molecular flexibility index (Phi) is 3.76. The average molecular weight is 168 g/mol. The number of hydrogen-bond acceptors (Lipinski definition) is 2. The summed E-state index contributed by atoms with van der Waals surface area (Å²) < 4.78 is 0. The van der Waals surface area contributed by atoms with Gasteiger partial charge >= 0.3 is 0 Å². The van der Waals surface area contributed by atoms with E-state index in [4.69, 9.17) is 0 Å². The SMILES string of the molecule is C=CCN1CC(C)CNC(C)C1. The van der Waals surface area contributed by atoms with Crippen LogP contribution >= 0.6 is 0 Å². The van der Waals surface area contributed by atoms with Crippen LogP contribution in [-0.4, -0.2) is 37.1 Å². The second-order valence-corrected chi connectivity index (χ2v) is 3.92. The molecule has 1 saturated heterocycles. The first-order chi connectivity index (χ1) is 5.72. The standard InChI is InChI=1S/C10H20N2/c1-4-5-12-7-9(2)6-11-10(3)8-12/h4,9-11H,1,5-8H2,2-3H3. The van der Waals surface area contributed by atoms with Crippen LogP contribution in [0.1, 0.15) is 13.8 Å². The van der Waals surface area contributed by atoms with Crippen molar-refractivity contribution in [2.45, 2.75) is 19.9 Å². The van der Waals surface area contributed by atoms with Gasteiger partial charge in [0.15, 0.2) is 0 Å². The molecule has 2 nitrogen and oxygen atoms in total. The zero-order valence-electron chi connectivity index (χ0n) is 8.21. The third-order valence-corrected chi connectivity index (χ3v) is 2.30. The molecular formula is C10H20N2. The molecule has 1 aliphatic heterocycles. The van der Waals surface area contributed by atoms with E-state index in [-0.39, 0.29) is 0 Å². The third kappa shape index (κ3) is 2.95. The van der Waals surface area contributed by atoms with E-state index in [2.05, 4.69) is 30.6 Å². The van der Waals surface area contributed by atoms with Gasteiger partial charge < -0.3 is 5.32 Å². The second-order valence-electron chi connectivity index (χ2n) is 3.92. The Morgan fingerprint density at radius 1 is 1.50 bits per heavy atom. The highest BCUT2D eigenvalue weighted by atomic mass is 15.2. The van der Waals surface area contributed by atoms with Crippen molar-refractivity contribution in [3.05, 3.63) is 12.7 Å². The molecule has 0 bridgehead atoms. The summed E-state index contributed by atoms with van der Waals surface area (Å²) in [5.74, 6) is 0.759. The maximum Gasteiger partial charge on any atom is 0.0166 e. The maximum absolute atomic E-state index is 3.77. The minimum Gasteiger partial charge on any atom is -0.313 e. The first kappa shape index (κ1) is 9.75. The van der Waals surface area contributed by atoms with Crippen molar-refractivity contribution in [1.29, 1.82) is 0 Å². The lowest BCUT2D eigenvalue weighted by molar-refractivity contribution is 0.278. The normalized spacial score (nSPS) is 32.8. The van der Waals surface area contributed by atoms with Crippen molar-refractivity contribution in [2.24, 2.45) is 5.92 Å². The van der Waals surface area contributed by atoms with Crippen molar-refractivity contribution < 1.29 is 0 Å². The molecule has 1 N–H and O–H groups in total. The maximum atomic E-state index is 3.77. The van der Waals surface area contributed by atoms with Crippen molar-refractivity contribution in [1.82, 2.24) is 10.2 Å². The van der Waals surface area contributed by atoms with Crippen molar-refractivity contribution in [3.8, 4) is 0 Å². The topological polar surface area (TPSA) is 15.3 Å². The Balaban J connectivity index is 2.43. The van der Waals surface area contributed by atoms with E-state index in [1.807, 2.05) is 6.08 Å². The zero-order chi connectivity index (χ0) is 8.97. The first-order valence-corrected chi connectivity index (χ1v) is 4.79. The van der Waals surface area contributed by atoms with Crippen LogP contribution in [0.5, 0.6) is 0 Å². The van der Waals surface area contributed by atoms with Crippen molar-refractivity contribution >= 4 is 0 Å². The predicted molar refractivity (Wildman–Crippen MR) is 53.3 cm³/mol. The van der Waals surface area contributed by atoms with Crippen LogP contribution in [0, 0.1) is 5.92 Å². The fraction of sp³-hybridized carbons (Fsp3) is 0.800. The molecule has 1 heterocycles. The van der Waals surface area contributed by atoms with E-state index in [9.17, 15) is 0 Å². The van der Waals surface area contributed by atoms with Crippen LogP contribution in [0.3, 0.4) is 0 Å². The van der Waals surface area contributed by atoms with Crippen LogP contribution in [0.25, 0.3) is 0 Å². The minimum absolute atomic E-state index is 0.620. The quantitative estimate of drug-likeness (QED) is 0.621. The monoisotopic (exact) mass is 168 g/mol. The van der Waals surface area contributed by atoms with Gasteiger partial charge in [0.05, 0.1) is 0 Å². The van der Waals surface area contributed by atoms with Gasteiger partial charge in [0, 0.05) is 25.7 Å². The molecule has 2 atom stereocenters. The van der Waals surface area contributed by atoms with Crippen LogP contribution in [-0.2, 0) is 0 Å². The molecule has 70 valence electrons. The molecule has 0 saturated carbocycles. The number of nitrogens with zero attached hydrogens (tertiary/aromatic N) is 1. The van der Waals surface area contributed by atoms with Gasteiger partial charge in [-0.1, -0.05) is 13.0 Å². The average Bonchev–Trinajstić information content (AvgIpc) is 2.14. The van der Waals surface area contributed by atoms with E-state index >= 15 is 0 Å². The molecule has 0 aliphatic carbocycles. The highest BCUT2D eigenvalue weighted by Crippen LogP contribution is 2.05. The minimum atomic E-state index is 0.620. The molecule has 0 amide bonds. The zero-order valence-corrected chi connectivity index (χ0v) is 8.21. The summed E-state index contributed by atoms with van der Waals surface area (Å²) in [6.45, 7) is 12.8. The summed E-state index contributed by atoms with van der Waals surface area (Å²) in [5, 5.41) is 3.51. The van der Waals surface area contributed by atoms with Crippen LogP contribution < -0.4 is 5.32 Å². The summed E-state index contributed by atoms with van der Waals surface area (Å²) in [6.07, 6.45) is 1.99. The van der Waals surface area contributed by atoms with Gasteiger partial charge in [0.1, 0.15) is 0 Å². The van der Waals surface area contributed by atoms with Gasteiger partial charge in [-0.25, -0.2) is 0 Å². The highest BCUT2D eigenvalue weighted by Gasteiger charge is 2.16. The molecule has 0 aromatic rings. The fourth-order valence-corrected chi connectivity index (χ4v) is 1.77. The number of nitrogens with one attached hydrogen (secondary N) is 1. The molecule has 12 heavy (non-hydrogen) atoms. The second kappa shape index (κ2) is 4.63. The summed E-state index contributed by atoms with van der Waals surface area (Å²) in [6, 6.07) is 0.620. The molecule has 1 rings (SSSR count). The lowest BCUT2D eigenvalue weighted by atomic mass is 10.2. The van der Waals surface area contributed by atoms with E-state index in [1.165, 1.54) is 6.54 Å². The predicted octanol–water partition coefficient (Wildman–Crippen LogP) is 1.10. The molecule has 1 aliphatic rings. The van der Waals surface area contributed by atoms with E-state index in [1.54, 1.807) is 0 Å². The van der Waals surface area contributed by atoms with Crippen LogP contribution in [0.2, 0.25) is 0 Å². The van der Waals surface area contributed by atoms with Gasteiger partial charge in [-0.2, -0.15) is 0 Å². The van der Waals surface area contributed by atoms with Crippen LogP contribution in [0.4, 0.5) is 0 Å². The van der Waals surface area contributed by atoms with Crippen molar-refractivity contribution in [3.63, 3.8) is 0 Å². The number of rotatable bonds is 2. The molecule has 1 fully saturated rings. The fourth-order valence-electron chi connectivity index (χ4n) is 1.77. The Hall–Kier alpha value is -0.340. The van der Waals surface area contributed by atoms with E-state index < -0.39 is 0 Å². The molecule has 2 unspecified atom stereocenters. The Bertz CT molecular complexity index is 133. The van der Waals surface area contributed by atoms with Gasteiger partial charge in [-0.3, -0.25) is 4.90 Å². The summed E-state index contributed by atoms with van der Waals surface area (Å²) in [4.78, 5) is 2.46. The molecular weight excluding hydrogens is 148 g/mol. The molecule has 0 radical (unpaired) electrons. The summed E-state index contributed by atoms with van der Waals surface area (Å²) >= 11 is 0. The Morgan fingerprint density at radius 3 is 2.92 bits per heavy atom. The molecule has 0 spiro atoms. The smallest absolute Gasteiger partial charge is 0.0166 e. The molecule has 0 aromatic carbocycles. The summed E-state index contributed by atoms with van der Waals surface area (Å²) in [5.41, 5.74) is 0. The third-order valence-electron chi connectivity index (χ3n) is 2.30. The van der Waals surface area contributed by atoms with Crippen molar-refractivity contribution in [2.75, 3.05) is 26.2 Å². The number of hydrogen-bond donors (Lipinski definition) is 1. The van der Waals surface area contributed by atoms with Gasteiger partial charge in [0.25, 0.3) is 0 Å². The Morgan fingerprint density at radius 2 is 2.25 bits per heavy atom. The lowest BCUT2D eigenvalue weighted by Gasteiger charge is -2.21. The summed E-state index contributed by atoms with van der Waals surface area (Å²) in [7, 11) is 0. The van der Waals surface area contributed by atoms with Crippen LogP contribution in [0.15, 0.2) is 12.7 Å². The largest absolute Gasteiger partial charge is 0.313 e. The van der Waals surface area contributed by atoms with E-state index in [0.29, 0.717) is 6.04 Å². The van der Waals surface area contributed by atoms with E-state index in [0.717, 1.165) is 25.6 Å².